The molecule has 1 saturated heterocycles. The van der Waals surface area contributed by atoms with Crippen LogP contribution in [0.15, 0.2) is 54.9 Å². The molecule has 3 aromatic rings. The van der Waals surface area contributed by atoms with Crippen LogP contribution in [-0.4, -0.2) is 42.1 Å². The second-order valence-electron chi connectivity index (χ2n) is 8.30. The number of rotatable bonds is 4. The molecule has 3 amide bonds. The van der Waals surface area contributed by atoms with Crippen molar-refractivity contribution in [2.24, 2.45) is 0 Å². The first kappa shape index (κ1) is 23.3. The van der Waals surface area contributed by atoms with E-state index in [9.17, 15) is 22.8 Å². The van der Waals surface area contributed by atoms with Gasteiger partial charge in [0.05, 0.1) is 11.6 Å². The molecule has 0 radical (unpaired) electrons. The zero-order valence-corrected chi connectivity index (χ0v) is 18.8. The number of hydrogen-bond acceptors (Lipinski definition) is 5. The molecule has 1 aliphatic heterocycles. The number of fused-ring (bicyclic) bond motifs is 1. The summed E-state index contributed by atoms with van der Waals surface area (Å²) in [5.74, 6) is 0. The van der Waals surface area contributed by atoms with Crippen LogP contribution in [-0.2, 0) is 17.5 Å². The maximum atomic E-state index is 13.4. The first-order chi connectivity index (χ1) is 16.1. The van der Waals surface area contributed by atoms with E-state index in [0.717, 1.165) is 33.4 Å². The van der Waals surface area contributed by atoms with Gasteiger partial charge in [0.1, 0.15) is 6.10 Å². The van der Waals surface area contributed by atoms with Crippen molar-refractivity contribution >= 4 is 28.6 Å². The lowest BCUT2D eigenvalue weighted by molar-refractivity contribution is -0.137. The molecule has 4 rings (SSSR count). The second kappa shape index (κ2) is 8.85. The number of nitrogens with zero attached hydrogens (tertiary/aromatic N) is 3. The first-order valence-corrected chi connectivity index (χ1v) is 10.5. The van der Waals surface area contributed by atoms with Crippen molar-refractivity contribution in [2.45, 2.75) is 31.8 Å². The standard InChI is InChI=1S/C24H23F3N4O3/c1-14-21(16-8-18(24(25,26)27)10-19(9-16)30(2)3)34-23(33)31(14)22(32)29-13-17-12-28-11-15-6-4-5-7-20(15)17/h4-12,14,21H,13H2,1-3H3,(H,29,32)/t14-,21-/m0/s1. The van der Waals surface area contributed by atoms with Gasteiger partial charge in [-0.25, -0.2) is 14.5 Å². The van der Waals surface area contributed by atoms with Gasteiger partial charge in [-0.05, 0) is 41.6 Å². The zero-order valence-electron chi connectivity index (χ0n) is 18.8. The molecule has 178 valence electrons. The molecule has 0 bridgehead atoms. The molecule has 0 spiro atoms. The molecule has 1 aliphatic rings. The fourth-order valence-corrected chi connectivity index (χ4v) is 3.98. The van der Waals surface area contributed by atoms with Gasteiger partial charge in [0, 0.05) is 44.1 Å². The molecule has 0 saturated carbocycles. The van der Waals surface area contributed by atoms with Gasteiger partial charge in [-0.2, -0.15) is 13.2 Å². The fourth-order valence-electron chi connectivity index (χ4n) is 3.98. The van der Waals surface area contributed by atoms with E-state index < -0.39 is 36.0 Å². The summed E-state index contributed by atoms with van der Waals surface area (Å²) < 4.78 is 45.7. The Hall–Kier alpha value is -3.82. The number of halogens is 3. The van der Waals surface area contributed by atoms with E-state index in [1.54, 1.807) is 33.4 Å². The summed E-state index contributed by atoms with van der Waals surface area (Å²) in [6.45, 7) is 1.67. The van der Waals surface area contributed by atoms with Crippen molar-refractivity contribution in [3.63, 3.8) is 0 Å². The highest BCUT2D eigenvalue weighted by Crippen LogP contribution is 2.38. The first-order valence-electron chi connectivity index (χ1n) is 10.5. The van der Waals surface area contributed by atoms with Gasteiger partial charge in [-0.15, -0.1) is 0 Å². The normalized spacial score (nSPS) is 18.2. The van der Waals surface area contributed by atoms with Gasteiger partial charge in [0.15, 0.2) is 0 Å². The Morgan fingerprint density at radius 3 is 2.62 bits per heavy atom. The smallest absolute Gasteiger partial charge is 0.419 e. The Labute approximate surface area is 194 Å². The van der Waals surface area contributed by atoms with Crippen molar-refractivity contribution in [3.05, 3.63) is 71.5 Å². The number of imide groups is 1. The average Bonchev–Trinajstić information content (AvgIpc) is 3.10. The summed E-state index contributed by atoms with van der Waals surface area (Å²) in [6, 6.07) is 9.51. The zero-order chi connectivity index (χ0) is 24.6. The molecule has 1 N–H and O–H groups in total. The molecular weight excluding hydrogens is 449 g/mol. The van der Waals surface area contributed by atoms with Crippen molar-refractivity contribution in [3.8, 4) is 0 Å². The predicted molar refractivity (Wildman–Crippen MR) is 120 cm³/mol. The fraction of sp³-hybridized carbons (Fsp3) is 0.292. The number of carbonyl (C=O) groups excluding carboxylic acids is 2. The number of carbonyl (C=O) groups is 2. The molecule has 1 fully saturated rings. The molecule has 10 heteroatoms. The van der Waals surface area contributed by atoms with Crippen molar-refractivity contribution in [2.75, 3.05) is 19.0 Å². The number of hydrogen-bond donors (Lipinski definition) is 1. The molecule has 0 unspecified atom stereocenters. The van der Waals surface area contributed by atoms with E-state index in [2.05, 4.69) is 10.3 Å². The van der Waals surface area contributed by atoms with Gasteiger partial charge in [-0.3, -0.25) is 4.98 Å². The van der Waals surface area contributed by atoms with E-state index in [1.807, 2.05) is 24.3 Å². The van der Waals surface area contributed by atoms with Gasteiger partial charge in [0.2, 0.25) is 0 Å². The van der Waals surface area contributed by atoms with Crippen molar-refractivity contribution in [1.29, 1.82) is 0 Å². The van der Waals surface area contributed by atoms with Crippen molar-refractivity contribution < 1.29 is 27.5 Å². The Morgan fingerprint density at radius 1 is 1.18 bits per heavy atom. The molecule has 34 heavy (non-hydrogen) atoms. The number of alkyl halides is 3. The summed E-state index contributed by atoms with van der Waals surface area (Å²) in [7, 11) is 3.23. The van der Waals surface area contributed by atoms with Crippen molar-refractivity contribution in [1.82, 2.24) is 15.2 Å². The van der Waals surface area contributed by atoms with E-state index >= 15 is 0 Å². The largest absolute Gasteiger partial charge is 0.439 e. The summed E-state index contributed by atoms with van der Waals surface area (Å²) in [5.41, 5.74) is 0.368. The van der Waals surface area contributed by atoms with Crippen LogP contribution in [0.5, 0.6) is 0 Å². The van der Waals surface area contributed by atoms with E-state index in [4.69, 9.17) is 4.74 Å². The molecule has 0 aliphatic carbocycles. The monoisotopic (exact) mass is 472 g/mol. The van der Waals surface area contributed by atoms with Gasteiger partial charge in [0.25, 0.3) is 0 Å². The van der Waals surface area contributed by atoms with Crippen LogP contribution in [0.4, 0.5) is 28.4 Å². The molecule has 1 aromatic heterocycles. The summed E-state index contributed by atoms with van der Waals surface area (Å²) >= 11 is 0. The van der Waals surface area contributed by atoms with Crippen LogP contribution in [0.3, 0.4) is 0 Å². The lowest BCUT2D eigenvalue weighted by Crippen LogP contribution is -2.44. The Bertz CT molecular complexity index is 1240. The number of amides is 3. The van der Waals surface area contributed by atoms with E-state index in [0.29, 0.717) is 5.69 Å². The second-order valence-corrected chi connectivity index (χ2v) is 8.30. The summed E-state index contributed by atoms with van der Waals surface area (Å²) in [6.07, 6.45) is -3.20. The Balaban J connectivity index is 1.55. The number of benzene rings is 2. The number of urea groups is 1. The maximum Gasteiger partial charge on any atom is 0.419 e. The molecule has 2 atom stereocenters. The highest BCUT2D eigenvalue weighted by atomic mass is 19.4. The van der Waals surface area contributed by atoms with Crippen LogP contribution < -0.4 is 10.2 Å². The van der Waals surface area contributed by atoms with E-state index in [-0.39, 0.29) is 12.1 Å². The lowest BCUT2D eigenvalue weighted by Gasteiger charge is -2.22. The minimum atomic E-state index is -4.57. The van der Waals surface area contributed by atoms with Crippen LogP contribution in [0, 0.1) is 0 Å². The minimum Gasteiger partial charge on any atom is -0.439 e. The highest BCUT2D eigenvalue weighted by molar-refractivity contribution is 5.93. The highest BCUT2D eigenvalue weighted by Gasteiger charge is 2.44. The average molecular weight is 472 g/mol. The van der Waals surface area contributed by atoms with Crippen LogP contribution in [0.2, 0.25) is 0 Å². The Morgan fingerprint density at radius 2 is 1.91 bits per heavy atom. The van der Waals surface area contributed by atoms with E-state index in [1.165, 1.54) is 11.0 Å². The maximum absolute atomic E-state index is 13.4. The number of pyridine rings is 1. The summed E-state index contributed by atoms with van der Waals surface area (Å²) in [4.78, 5) is 32.0. The number of anilines is 1. The molecule has 2 aromatic carbocycles. The number of cyclic esters (lactones) is 1. The van der Waals surface area contributed by atoms with Gasteiger partial charge < -0.3 is 15.0 Å². The molecular formula is C24H23F3N4O3. The van der Waals surface area contributed by atoms with Gasteiger partial charge >= 0.3 is 18.3 Å². The quantitative estimate of drug-likeness (QED) is 0.571. The topological polar surface area (TPSA) is 74.8 Å². The molecule has 2 heterocycles. The van der Waals surface area contributed by atoms with Crippen LogP contribution in [0.25, 0.3) is 10.8 Å². The van der Waals surface area contributed by atoms with Gasteiger partial charge in [-0.1, -0.05) is 24.3 Å². The predicted octanol–water partition coefficient (Wildman–Crippen LogP) is 5.11. The lowest BCUT2D eigenvalue weighted by atomic mass is 9.99. The Kier molecular flexibility index (Phi) is 6.07. The number of aromatic nitrogens is 1. The minimum absolute atomic E-state index is 0.114. The van der Waals surface area contributed by atoms with Crippen LogP contribution in [0.1, 0.15) is 29.7 Å². The number of nitrogens with one attached hydrogen (secondary N) is 1. The number of ether oxygens (including phenoxy) is 1. The SMILES string of the molecule is C[C@H]1[C@@H](c2cc(N(C)C)cc(C(F)(F)F)c2)OC(=O)N1C(=O)NCc1cncc2ccccc12. The summed E-state index contributed by atoms with van der Waals surface area (Å²) in [5, 5.41) is 4.51. The molecule has 7 nitrogen and oxygen atoms in total. The third kappa shape index (κ3) is 4.48. The van der Waals surface area contributed by atoms with Crippen LogP contribution >= 0.6 is 0 Å². The third-order valence-electron chi connectivity index (χ3n) is 5.78. The third-order valence-corrected chi connectivity index (χ3v) is 5.78.